The number of piperazine rings is 1. The van der Waals surface area contributed by atoms with E-state index >= 15 is 0 Å². The summed E-state index contributed by atoms with van der Waals surface area (Å²) in [5, 5.41) is 2.61. The van der Waals surface area contributed by atoms with E-state index in [9.17, 15) is 9.59 Å². The summed E-state index contributed by atoms with van der Waals surface area (Å²) in [6.07, 6.45) is 6.77. The van der Waals surface area contributed by atoms with Crippen molar-refractivity contribution in [2.75, 3.05) is 25.0 Å². The Morgan fingerprint density at radius 1 is 1.16 bits per heavy atom. The van der Waals surface area contributed by atoms with Gasteiger partial charge in [-0.25, -0.2) is 4.98 Å². The number of hydrogen-bond acceptors (Lipinski definition) is 6. The number of nitrogens with zero attached hydrogens (tertiary/aromatic N) is 4. The Kier molecular flexibility index (Phi) is 5.38. The number of rotatable bonds is 5. The lowest BCUT2D eigenvalue weighted by molar-refractivity contribution is 0.0658. The summed E-state index contributed by atoms with van der Waals surface area (Å²) in [7, 11) is 1.61. The van der Waals surface area contributed by atoms with Crippen LogP contribution in [0.15, 0.2) is 41.5 Å². The Bertz CT molecular complexity index is 1210. The maximum absolute atomic E-state index is 12.2. The Morgan fingerprint density at radius 3 is 2.69 bits per heavy atom. The van der Waals surface area contributed by atoms with Gasteiger partial charge in [-0.2, -0.15) is 0 Å². The molecule has 0 aromatic carbocycles. The second-order valence-corrected chi connectivity index (χ2v) is 8.61. The van der Waals surface area contributed by atoms with Crippen LogP contribution in [0, 0.1) is 0 Å². The lowest BCUT2D eigenvalue weighted by Crippen LogP contribution is -2.64. The fourth-order valence-corrected chi connectivity index (χ4v) is 4.91. The van der Waals surface area contributed by atoms with E-state index in [1.807, 2.05) is 31.5 Å². The van der Waals surface area contributed by atoms with Crippen molar-refractivity contribution in [3.05, 3.63) is 63.8 Å². The van der Waals surface area contributed by atoms with Crippen LogP contribution in [0.25, 0.3) is 11.0 Å². The number of anilines is 1. The normalized spacial score (nSPS) is 20.6. The first kappa shape index (κ1) is 20.6. The van der Waals surface area contributed by atoms with Crippen molar-refractivity contribution in [3.8, 4) is 0 Å². The van der Waals surface area contributed by atoms with Crippen molar-refractivity contribution in [3.63, 3.8) is 0 Å². The van der Waals surface area contributed by atoms with E-state index in [4.69, 9.17) is 0 Å². The largest absolute Gasteiger partial charge is 0.364 e. The van der Waals surface area contributed by atoms with Gasteiger partial charge in [0.2, 0.25) is 0 Å². The van der Waals surface area contributed by atoms with E-state index in [-0.39, 0.29) is 11.5 Å². The SMILES string of the molecule is CCc1cc2ncc(CN3CCN(c4ccc(C(=O)NC)nc4)[C@H]4CC[C@@H]43)cc2[nH]c1=O. The van der Waals surface area contributed by atoms with Gasteiger partial charge in [0.25, 0.3) is 11.5 Å². The average molecular weight is 433 g/mol. The first-order chi connectivity index (χ1) is 15.6. The molecule has 8 nitrogen and oxygen atoms in total. The Labute approximate surface area is 186 Å². The Balaban J connectivity index is 1.30. The number of aryl methyl sites for hydroxylation is 1. The highest BCUT2D eigenvalue weighted by Gasteiger charge is 2.42. The van der Waals surface area contributed by atoms with Crippen LogP contribution in [0.2, 0.25) is 0 Å². The van der Waals surface area contributed by atoms with E-state index in [1.165, 1.54) is 6.42 Å². The fourth-order valence-electron chi connectivity index (χ4n) is 4.91. The number of aromatic nitrogens is 3. The molecular formula is C24H28N6O2. The first-order valence-electron chi connectivity index (χ1n) is 11.3. The summed E-state index contributed by atoms with van der Waals surface area (Å²) in [5.74, 6) is -0.167. The van der Waals surface area contributed by atoms with Crippen molar-refractivity contribution in [2.45, 2.75) is 44.8 Å². The molecule has 2 fully saturated rings. The molecule has 0 unspecified atom stereocenters. The number of H-pyrrole nitrogens is 1. The van der Waals surface area contributed by atoms with Crippen LogP contribution in [0.4, 0.5) is 5.69 Å². The lowest BCUT2D eigenvalue weighted by Gasteiger charge is -2.54. The Morgan fingerprint density at radius 2 is 2.00 bits per heavy atom. The van der Waals surface area contributed by atoms with Gasteiger partial charge >= 0.3 is 0 Å². The van der Waals surface area contributed by atoms with Gasteiger partial charge in [-0.1, -0.05) is 6.92 Å². The summed E-state index contributed by atoms with van der Waals surface area (Å²) in [4.78, 5) is 40.8. The van der Waals surface area contributed by atoms with Crippen LogP contribution in [-0.4, -0.2) is 58.0 Å². The highest BCUT2D eigenvalue weighted by atomic mass is 16.1. The third-order valence-corrected chi connectivity index (χ3v) is 6.83. The minimum Gasteiger partial charge on any atom is -0.364 e. The van der Waals surface area contributed by atoms with Gasteiger partial charge < -0.3 is 15.2 Å². The molecule has 32 heavy (non-hydrogen) atoms. The maximum atomic E-state index is 12.2. The molecule has 2 aliphatic rings. The molecule has 8 heteroatoms. The molecule has 166 valence electrons. The zero-order valence-electron chi connectivity index (χ0n) is 18.5. The number of carbonyl (C=O) groups is 1. The number of fused-ring (bicyclic) bond motifs is 2. The molecule has 1 amide bonds. The summed E-state index contributed by atoms with van der Waals surface area (Å²) in [6, 6.07) is 8.68. The molecule has 1 saturated carbocycles. The third kappa shape index (κ3) is 3.64. The second-order valence-electron chi connectivity index (χ2n) is 8.61. The van der Waals surface area contributed by atoms with Gasteiger partial charge in [0.05, 0.1) is 22.9 Å². The van der Waals surface area contributed by atoms with Crippen molar-refractivity contribution in [1.29, 1.82) is 0 Å². The molecule has 4 heterocycles. The van der Waals surface area contributed by atoms with E-state index in [0.717, 1.165) is 53.9 Å². The predicted molar refractivity (Wildman–Crippen MR) is 124 cm³/mol. The van der Waals surface area contributed by atoms with Gasteiger partial charge in [0.1, 0.15) is 5.69 Å². The zero-order chi connectivity index (χ0) is 22.2. The Hall–Kier alpha value is -3.26. The van der Waals surface area contributed by atoms with Crippen LogP contribution in [0.5, 0.6) is 0 Å². The van der Waals surface area contributed by atoms with E-state index in [0.29, 0.717) is 24.2 Å². The molecular weight excluding hydrogens is 404 g/mol. The first-order valence-corrected chi connectivity index (χ1v) is 11.3. The molecule has 5 rings (SSSR count). The molecule has 2 atom stereocenters. The number of carbonyl (C=O) groups excluding carboxylic acids is 1. The topological polar surface area (TPSA) is 94.2 Å². The number of pyridine rings is 3. The van der Waals surface area contributed by atoms with Crippen molar-refractivity contribution in [2.24, 2.45) is 0 Å². The van der Waals surface area contributed by atoms with Crippen molar-refractivity contribution >= 4 is 22.6 Å². The minimum atomic E-state index is -0.167. The number of nitrogens with one attached hydrogen (secondary N) is 2. The van der Waals surface area contributed by atoms with E-state index in [2.05, 4.69) is 36.1 Å². The van der Waals surface area contributed by atoms with Crippen LogP contribution in [0.3, 0.4) is 0 Å². The van der Waals surface area contributed by atoms with Crippen LogP contribution < -0.4 is 15.8 Å². The third-order valence-electron chi connectivity index (χ3n) is 6.83. The molecule has 3 aromatic heterocycles. The number of amides is 1. The van der Waals surface area contributed by atoms with E-state index in [1.54, 1.807) is 13.1 Å². The molecule has 2 N–H and O–H groups in total. The fraction of sp³-hybridized carbons (Fsp3) is 0.417. The molecule has 1 saturated heterocycles. The van der Waals surface area contributed by atoms with Crippen LogP contribution in [-0.2, 0) is 13.0 Å². The van der Waals surface area contributed by atoms with Crippen molar-refractivity contribution < 1.29 is 4.79 Å². The van der Waals surface area contributed by atoms with Gasteiger partial charge in [0, 0.05) is 50.5 Å². The predicted octanol–water partition coefficient (Wildman–Crippen LogP) is 2.09. The van der Waals surface area contributed by atoms with Gasteiger partial charge in [-0.15, -0.1) is 0 Å². The molecule has 0 radical (unpaired) electrons. The lowest BCUT2D eigenvalue weighted by atomic mass is 9.81. The van der Waals surface area contributed by atoms with E-state index < -0.39 is 0 Å². The molecule has 0 spiro atoms. The summed E-state index contributed by atoms with van der Waals surface area (Å²) in [6.45, 7) is 4.66. The van der Waals surface area contributed by atoms with Crippen LogP contribution >= 0.6 is 0 Å². The summed E-state index contributed by atoms with van der Waals surface area (Å²) in [5.41, 5.74) is 5.01. The van der Waals surface area contributed by atoms with Gasteiger partial charge in [-0.3, -0.25) is 19.5 Å². The minimum absolute atomic E-state index is 0.0253. The highest BCUT2D eigenvalue weighted by Crippen LogP contribution is 2.37. The summed E-state index contributed by atoms with van der Waals surface area (Å²) < 4.78 is 0. The molecule has 1 aliphatic carbocycles. The quantitative estimate of drug-likeness (QED) is 0.641. The number of hydrogen-bond donors (Lipinski definition) is 2. The molecule has 0 bridgehead atoms. The molecule has 1 aliphatic heterocycles. The highest BCUT2D eigenvalue weighted by molar-refractivity contribution is 5.92. The maximum Gasteiger partial charge on any atom is 0.269 e. The van der Waals surface area contributed by atoms with Gasteiger partial charge in [0.15, 0.2) is 0 Å². The second kappa shape index (κ2) is 8.35. The van der Waals surface area contributed by atoms with Crippen LogP contribution in [0.1, 0.15) is 41.4 Å². The summed E-state index contributed by atoms with van der Waals surface area (Å²) >= 11 is 0. The number of aromatic amines is 1. The van der Waals surface area contributed by atoms with Crippen molar-refractivity contribution in [1.82, 2.24) is 25.2 Å². The monoisotopic (exact) mass is 432 g/mol. The van der Waals surface area contributed by atoms with Gasteiger partial charge in [-0.05, 0) is 49.1 Å². The standard InChI is InChI=1S/C24H28N6O2/c1-3-16-11-19-20(28-23(16)31)10-15(12-26-19)14-29-8-9-30(22-7-6-21(22)29)17-4-5-18(27-13-17)24(32)25-2/h4-5,10-13,21-22H,3,6-9,14H2,1-2H3,(H,25,32)(H,28,31)/t21-,22-/m0/s1. The smallest absolute Gasteiger partial charge is 0.269 e. The zero-order valence-corrected chi connectivity index (χ0v) is 18.5. The molecule has 3 aromatic rings. The average Bonchev–Trinajstić information content (AvgIpc) is 2.79.